The Morgan fingerprint density at radius 1 is 1.20 bits per heavy atom. The van der Waals surface area contributed by atoms with Crippen LogP contribution in [0, 0.1) is 23.0 Å². The molecular weight excluding hydrogens is 779 g/mol. The van der Waals surface area contributed by atoms with Gasteiger partial charge in [-0.2, -0.15) is 9.83 Å². The van der Waals surface area contributed by atoms with E-state index in [-0.39, 0.29) is 31.1 Å². The molecule has 5 aromatic rings. The minimum Gasteiger partial charge on any atom is -0.726 e. The zero-order valence-electron chi connectivity index (χ0n) is 30.2. The Bertz CT molecular complexity index is 2290. The predicted molar refractivity (Wildman–Crippen MR) is 193 cm³/mol. The first-order valence-corrected chi connectivity index (χ1v) is 18.6. The quantitative estimate of drug-likeness (QED) is 0.0667. The number of ether oxygens (including phenoxy) is 2. The number of nitrogens with one attached hydrogen (secondary N) is 1. The monoisotopic (exact) mass is 814 g/mol. The molecule has 0 aliphatic rings. The Morgan fingerprint density at radius 3 is 2.55 bits per heavy atom. The summed E-state index contributed by atoms with van der Waals surface area (Å²) in [4.78, 5) is 35.1. The fourth-order valence-corrected chi connectivity index (χ4v) is 6.22. The molecule has 3 N–H and O–H groups in total. The van der Waals surface area contributed by atoms with E-state index in [1.807, 2.05) is 0 Å². The zero-order chi connectivity index (χ0) is 41.2. The Kier molecular flexibility index (Phi) is 14.4. The maximum Gasteiger partial charge on any atom is 0.418 e. The molecular formula is C35H36F2N8O9S2. The van der Waals surface area contributed by atoms with E-state index in [0.717, 1.165) is 23.8 Å². The normalized spacial score (nSPS) is 13.3. The maximum absolute atomic E-state index is 15.3. The molecule has 3 heterocycles. The minimum absolute atomic E-state index is 0.0229. The van der Waals surface area contributed by atoms with Crippen LogP contribution >= 0.6 is 11.3 Å². The number of nitrogens with zero attached hydrogens (tertiary/aromatic N) is 7. The fraction of sp³-hybridized carbons (Fsp3) is 0.286. The summed E-state index contributed by atoms with van der Waals surface area (Å²) < 4.78 is 76.4. The van der Waals surface area contributed by atoms with Crippen molar-refractivity contribution in [2.45, 2.75) is 44.7 Å². The number of hydrogen-bond acceptors (Lipinski definition) is 14. The van der Waals surface area contributed by atoms with E-state index in [1.165, 1.54) is 51.4 Å². The number of halogens is 2. The van der Waals surface area contributed by atoms with Gasteiger partial charge in [0, 0.05) is 53.3 Å². The number of hydrogen-bond donors (Lipinski definition) is 3. The SMILES string of the molecule is CNCC(=O)OCc1cccnc1N(C)C(=O)O[C@H](C)[n+]1cnn(C[C@](O)(c2cc(F)ccc2F)[C@@H](C)c2nc(-c3ccc(C#N)cc3)cs2)c1.O=S(=O)([O-])O. The summed E-state index contributed by atoms with van der Waals surface area (Å²) in [6.07, 6.45) is 2.65. The average Bonchev–Trinajstić information content (AvgIpc) is 3.84. The molecule has 0 saturated carbocycles. The second-order valence-corrected chi connectivity index (χ2v) is 13.8. The molecule has 0 aliphatic carbocycles. The second kappa shape index (κ2) is 18.7. The number of anilines is 1. The molecule has 0 aliphatic heterocycles. The van der Waals surface area contributed by atoms with Gasteiger partial charge in [0.2, 0.25) is 23.0 Å². The largest absolute Gasteiger partial charge is 0.726 e. The van der Waals surface area contributed by atoms with Crippen LogP contribution in [0.2, 0.25) is 0 Å². The molecule has 3 atom stereocenters. The number of nitriles is 1. The van der Waals surface area contributed by atoms with E-state index in [2.05, 4.69) is 21.5 Å². The van der Waals surface area contributed by atoms with Crippen molar-refractivity contribution in [3.8, 4) is 17.3 Å². The molecule has 17 nitrogen and oxygen atoms in total. The molecule has 2 aromatic carbocycles. The molecule has 3 aromatic heterocycles. The van der Waals surface area contributed by atoms with Crippen molar-refractivity contribution in [3.63, 3.8) is 0 Å². The van der Waals surface area contributed by atoms with Gasteiger partial charge in [0.1, 0.15) is 36.2 Å². The first kappa shape index (κ1) is 43.0. The van der Waals surface area contributed by atoms with Gasteiger partial charge in [0.25, 0.3) is 6.33 Å². The van der Waals surface area contributed by atoms with Gasteiger partial charge in [-0.3, -0.25) is 14.2 Å². The van der Waals surface area contributed by atoms with Crippen LogP contribution < -0.4 is 14.8 Å². The Balaban J connectivity index is 0.00000131. The van der Waals surface area contributed by atoms with Crippen LogP contribution in [0.15, 0.2) is 78.8 Å². The van der Waals surface area contributed by atoms with Gasteiger partial charge >= 0.3 is 12.1 Å². The Labute approximate surface area is 324 Å². The molecule has 0 spiro atoms. The molecule has 1 amide bonds. The van der Waals surface area contributed by atoms with Crippen LogP contribution in [-0.2, 0) is 43.4 Å². The zero-order valence-corrected chi connectivity index (χ0v) is 31.9. The van der Waals surface area contributed by atoms with Gasteiger partial charge in [-0.15, -0.1) is 16.0 Å². The third-order valence-corrected chi connectivity index (χ3v) is 9.20. The molecule has 296 valence electrons. The van der Waals surface area contributed by atoms with E-state index in [1.54, 1.807) is 62.7 Å². The predicted octanol–water partition coefficient (Wildman–Crippen LogP) is 3.59. The second-order valence-electron chi connectivity index (χ2n) is 12.1. The standard InChI is InChI=1S/C35H35F2N8O5S.H2O4S/c1-22(33-42-30(18-51-33)25-9-7-24(15-38)8-10-25)35(48,28-14-27(36)11-12-29(28)37)19-45-21-44(20-41-45)23(2)50-34(47)43(4)32-26(6-5-13-40-32)17-49-31(46)16-39-3;1-5(2,3)4/h5-14,18,20-23,39,48H,16-17,19H2,1-4H3;(H2,1,2,3,4)/q+1;/p-1/t22-,23+,35+;/m0./s1. The van der Waals surface area contributed by atoms with Crippen LogP contribution in [-0.4, -0.2) is 75.1 Å². The highest BCUT2D eigenvalue weighted by Gasteiger charge is 2.43. The van der Waals surface area contributed by atoms with Gasteiger partial charge in [-0.25, -0.2) is 32.0 Å². The van der Waals surface area contributed by atoms with Crippen molar-refractivity contribution in [2.24, 2.45) is 0 Å². The van der Waals surface area contributed by atoms with Crippen LogP contribution in [0.4, 0.5) is 19.4 Å². The van der Waals surface area contributed by atoms with Crippen LogP contribution in [0.25, 0.3) is 11.3 Å². The lowest BCUT2D eigenvalue weighted by Crippen LogP contribution is -2.42. The van der Waals surface area contributed by atoms with Crippen molar-refractivity contribution >= 4 is 39.6 Å². The topological polar surface area (TPSA) is 237 Å². The van der Waals surface area contributed by atoms with Crippen molar-refractivity contribution in [1.29, 1.82) is 5.26 Å². The van der Waals surface area contributed by atoms with E-state index >= 15 is 4.39 Å². The van der Waals surface area contributed by atoms with E-state index in [4.69, 9.17) is 37.2 Å². The van der Waals surface area contributed by atoms with E-state index in [9.17, 15) is 19.1 Å². The highest BCUT2D eigenvalue weighted by Crippen LogP contribution is 2.41. The number of carbonyl (C=O) groups excluding carboxylic acids is 2. The Hall–Kier alpha value is -5.76. The lowest BCUT2D eigenvalue weighted by molar-refractivity contribution is -0.753. The highest BCUT2D eigenvalue weighted by atomic mass is 32.3. The lowest BCUT2D eigenvalue weighted by atomic mass is 9.82. The molecule has 0 fully saturated rings. The van der Waals surface area contributed by atoms with E-state index in [0.29, 0.717) is 21.8 Å². The molecule has 0 radical (unpaired) electrons. The highest BCUT2D eigenvalue weighted by molar-refractivity contribution is 7.79. The summed E-state index contributed by atoms with van der Waals surface area (Å²) in [5, 5.41) is 30.6. The van der Waals surface area contributed by atoms with Crippen molar-refractivity contribution in [2.75, 3.05) is 25.5 Å². The molecule has 0 bridgehead atoms. The number of thiazole rings is 1. The van der Waals surface area contributed by atoms with Gasteiger partial charge in [-0.1, -0.05) is 25.1 Å². The summed E-state index contributed by atoms with van der Waals surface area (Å²) in [6, 6.07) is 15.1. The number of benzene rings is 2. The van der Waals surface area contributed by atoms with Gasteiger partial charge in [0.15, 0.2) is 0 Å². The first-order valence-electron chi connectivity index (χ1n) is 16.4. The number of esters is 1. The lowest BCUT2D eigenvalue weighted by Gasteiger charge is -2.32. The van der Waals surface area contributed by atoms with E-state index < -0.39 is 51.8 Å². The third-order valence-electron chi connectivity index (χ3n) is 8.18. The van der Waals surface area contributed by atoms with Gasteiger partial charge < -0.3 is 24.4 Å². The van der Waals surface area contributed by atoms with Crippen LogP contribution in [0.5, 0.6) is 0 Å². The van der Waals surface area contributed by atoms with Gasteiger partial charge in [-0.05, 0) is 43.4 Å². The third kappa shape index (κ3) is 11.4. The van der Waals surface area contributed by atoms with Gasteiger partial charge in [0.05, 0.1) is 28.9 Å². The number of carbonyl (C=O) groups is 2. The molecule has 0 unspecified atom stereocenters. The summed E-state index contributed by atoms with van der Waals surface area (Å²) in [5.74, 6) is -2.64. The summed E-state index contributed by atoms with van der Waals surface area (Å²) in [7, 11) is -1.84. The van der Waals surface area contributed by atoms with Crippen molar-refractivity contribution < 1.29 is 55.0 Å². The molecule has 0 saturated heterocycles. The maximum atomic E-state index is 15.3. The number of amides is 1. The summed E-state index contributed by atoms with van der Waals surface area (Å²) in [5.41, 5.74) is 0.000750. The minimum atomic E-state index is -4.92. The number of pyridine rings is 1. The molecule has 21 heteroatoms. The molecule has 56 heavy (non-hydrogen) atoms. The van der Waals surface area contributed by atoms with Crippen LogP contribution in [0.1, 0.15) is 47.7 Å². The average molecular weight is 815 g/mol. The van der Waals surface area contributed by atoms with Crippen LogP contribution in [0.3, 0.4) is 0 Å². The van der Waals surface area contributed by atoms with Crippen molar-refractivity contribution in [1.82, 2.24) is 25.1 Å². The number of rotatable bonds is 13. The summed E-state index contributed by atoms with van der Waals surface area (Å²) in [6.45, 7) is 2.85. The van der Waals surface area contributed by atoms with Crippen molar-refractivity contribution in [3.05, 3.63) is 112 Å². The summed E-state index contributed by atoms with van der Waals surface area (Å²) >= 11 is 1.25. The molecule has 5 rings (SSSR count). The first-order chi connectivity index (χ1) is 26.4. The number of aliphatic hydroxyl groups is 1. The number of aromatic nitrogens is 5. The fourth-order valence-electron chi connectivity index (χ4n) is 5.25. The smallest absolute Gasteiger partial charge is 0.418 e. The Morgan fingerprint density at radius 2 is 1.89 bits per heavy atom. The number of likely N-dealkylation sites (N-methyl/N-ethyl adjacent to an activating group) is 1.